The van der Waals surface area contributed by atoms with E-state index in [2.05, 4.69) is 25.4 Å². The van der Waals surface area contributed by atoms with Crippen LogP contribution < -0.4 is 0 Å². The van der Waals surface area contributed by atoms with Crippen LogP contribution >= 0.6 is 11.6 Å². The fourth-order valence-corrected chi connectivity index (χ4v) is 2.23. The molecule has 104 valence electrons. The summed E-state index contributed by atoms with van der Waals surface area (Å²) in [5.41, 5.74) is 3.33. The molecule has 0 aliphatic carbocycles. The second-order valence-corrected chi connectivity index (χ2v) is 4.97. The zero-order valence-electron chi connectivity index (χ0n) is 11.3. The Hall–Kier alpha value is -2.15. The minimum Gasteiger partial charge on any atom is -0.332 e. The second kappa shape index (κ2) is 4.75. The molecule has 8 heteroatoms. The van der Waals surface area contributed by atoms with Crippen molar-refractivity contribution in [2.24, 2.45) is 7.05 Å². The summed E-state index contributed by atoms with van der Waals surface area (Å²) in [6, 6.07) is 1.85. The predicted molar refractivity (Wildman–Crippen MR) is 72.4 cm³/mol. The van der Waals surface area contributed by atoms with Crippen LogP contribution in [-0.2, 0) is 13.5 Å². The lowest BCUT2D eigenvalue weighted by molar-refractivity contribution is 0.422. The third-order valence-corrected chi connectivity index (χ3v) is 3.47. The number of halogens is 1. The molecule has 0 atom stereocenters. The topological polar surface area (TPSA) is 85.4 Å². The first-order valence-corrected chi connectivity index (χ1v) is 6.45. The average molecular weight is 293 g/mol. The zero-order valence-corrected chi connectivity index (χ0v) is 12.1. The first-order chi connectivity index (χ1) is 9.54. The van der Waals surface area contributed by atoms with Crippen LogP contribution in [0.15, 0.2) is 10.6 Å². The van der Waals surface area contributed by atoms with Crippen molar-refractivity contribution in [1.29, 1.82) is 0 Å². The zero-order chi connectivity index (χ0) is 14.3. The van der Waals surface area contributed by atoms with E-state index in [1.54, 1.807) is 11.7 Å². The molecule has 0 aromatic carbocycles. The summed E-state index contributed by atoms with van der Waals surface area (Å²) in [6.45, 7) is 3.81. The van der Waals surface area contributed by atoms with E-state index in [9.17, 15) is 0 Å². The highest BCUT2D eigenvalue weighted by Crippen LogP contribution is 2.22. The minimum atomic E-state index is 0.391. The number of nitrogens with zero attached hydrogens (tertiary/aromatic N) is 5. The van der Waals surface area contributed by atoms with Crippen LogP contribution in [0.1, 0.15) is 22.8 Å². The van der Waals surface area contributed by atoms with Gasteiger partial charge in [0.05, 0.1) is 5.69 Å². The Bertz CT molecular complexity index is 756. The van der Waals surface area contributed by atoms with E-state index in [0.29, 0.717) is 29.0 Å². The van der Waals surface area contributed by atoms with Crippen LogP contribution in [0.3, 0.4) is 0 Å². The molecule has 0 saturated heterocycles. The molecule has 0 aliphatic rings. The van der Waals surface area contributed by atoms with Crippen LogP contribution in [0.4, 0.5) is 0 Å². The van der Waals surface area contributed by atoms with E-state index in [0.717, 1.165) is 17.0 Å². The van der Waals surface area contributed by atoms with Gasteiger partial charge in [0.15, 0.2) is 11.5 Å². The molecule has 0 amide bonds. The molecule has 3 aromatic rings. The fourth-order valence-electron chi connectivity index (χ4n) is 1.99. The Morgan fingerprint density at radius 2 is 2.20 bits per heavy atom. The van der Waals surface area contributed by atoms with Crippen molar-refractivity contribution in [2.75, 3.05) is 0 Å². The van der Waals surface area contributed by atoms with Gasteiger partial charge >= 0.3 is 0 Å². The highest BCUT2D eigenvalue weighted by atomic mass is 35.5. The molecule has 1 N–H and O–H groups in total. The Morgan fingerprint density at radius 1 is 1.40 bits per heavy atom. The average Bonchev–Trinajstić information content (AvgIpc) is 3.07. The largest absolute Gasteiger partial charge is 0.332 e. The summed E-state index contributed by atoms with van der Waals surface area (Å²) >= 11 is 6.19. The molecule has 3 heterocycles. The van der Waals surface area contributed by atoms with Crippen LogP contribution in [0, 0.1) is 13.8 Å². The summed E-state index contributed by atoms with van der Waals surface area (Å²) < 4.78 is 6.84. The number of hydrogen-bond acceptors (Lipinski definition) is 5. The minimum absolute atomic E-state index is 0.391. The van der Waals surface area contributed by atoms with Gasteiger partial charge in [-0.1, -0.05) is 16.8 Å². The van der Waals surface area contributed by atoms with Crippen molar-refractivity contribution in [3.05, 3.63) is 34.0 Å². The highest BCUT2D eigenvalue weighted by Gasteiger charge is 2.16. The third-order valence-electron chi connectivity index (χ3n) is 3.00. The first kappa shape index (κ1) is 12.9. The number of H-pyrrole nitrogens is 1. The van der Waals surface area contributed by atoms with Gasteiger partial charge in [-0.15, -0.1) is 0 Å². The molecule has 0 aliphatic heterocycles. The van der Waals surface area contributed by atoms with Crippen molar-refractivity contribution in [3.8, 4) is 11.6 Å². The lowest BCUT2D eigenvalue weighted by Crippen LogP contribution is -1.93. The normalized spacial score (nSPS) is 11.2. The number of nitrogens with one attached hydrogen (secondary N) is 1. The van der Waals surface area contributed by atoms with Gasteiger partial charge < -0.3 is 4.52 Å². The van der Waals surface area contributed by atoms with E-state index in [1.165, 1.54) is 0 Å². The fraction of sp³-hybridized carbons (Fsp3) is 0.333. The molecule has 0 bridgehead atoms. The summed E-state index contributed by atoms with van der Waals surface area (Å²) in [4.78, 5) is 4.32. The van der Waals surface area contributed by atoms with Gasteiger partial charge in [0.25, 0.3) is 5.89 Å². The van der Waals surface area contributed by atoms with Gasteiger partial charge in [0.2, 0.25) is 0 Å². The maximum atomic E-state index is 6.19. The molecule has 20 heavy (non-hydrogen) atoms. The van der Waals surface area contributed by atoms with Crippen LogP contribution in [0.2, 0.25) is 5.15 Å². The van der Waals surface area contributed by atoms with E-state index >= 15 is 0 Å². The number of aryl methyl sites for hydroxylation is 3. The third kappa shape index (κ3) is 2.20. The lowest BCUT2D eigenvalue weighted by atomic mass is 10.2. The second-order valence-electron chi connectivity index (χ2n) is 4.61. The van der Waals surface area contributed by atoms with Crippen LogP contribution in [0.5, 0.6) is 0 Å². The van der Waals surface area contributed by atoms with Crippen molar-refractivity contribution in [3.63, 3.8) is 0 Å². The summed E-state index contributed by atoms with van der Waals surface area (Å²) in [5.74, 6) is 0.945. The summed E-state index contributed by atoms with van der Waals surface area (Å²) in [5, 5.41) is 15.7. The quantitative estimate of drug-likeness (QED) is 0.798. The molecule has 3 aromatic heterocycles. The smallest absolute Gasteiger partial charge is 0.278 e. The van der Waals surface area contributed by atoms with E-state index in [-0.39, 0.29) is 0 Å². The molecular weight excluding hydrogens is 280 g/mol. The van der Waals surface area contributed by atoms with Gasteiger partial charge in [-0.05, 0) is 19.9 Å². The van der Waals surface area contributed by atoms with E-state index < -0.39 is 0 Å². The van der Waals surface area contributed by atoms with Crippen LogP contribution in [-0.4, -0.2) is 30.1 Å². The molecule has 0 unspecified atom stereocenters. The number of rotatable bonds is 3. The summed E-state index contributed by atoms with van der Waals surface area (Å²) in [6.07, 6.45) is 0.478. The SMILES string of the molecule is Cc1cc(-c2nc(Cc3c(C)nn(C)c3Cl)no2)n[nH]1. The van der Waals surface area contributed by atoms with Gasteiger partial charge in [-0.2, -0.15) is 15.2 Å². The van der Waals surface area contributed by atoms with Crippen molar-refractivity contribution >= 4 is 11.6 Å². The molecule has 3 rings (SSSR count). The van der Waals surface area contributed by atoms with Crippen LogP contribution in [0.25, 0.3) is 11.6 Å². The standard InChI is InChI=1S/C12H13ClN6O/c1-6-4-9(16-15-6)12-14-10(18-20-12)5-8-7(2)17-19(3)11(8)13/h4H,5H2,1-3H3,(H,15,16). The van der Waals surface area contributed by atoms with Crippen molar-refractivity contribution < 1.29 is 4.52 Å². The molecule has 0 fully saturated rings. The van der Waals surface area contributed by atoms with Crippen molar-refractivity contribution in [2.45, 2.75) is 20.3 Å². The first-order valence-electron chi connectivity index (χ1n) is 6.07. The molecule has 0 radical (unpaired) electrons. The molecule has 0 saturated carbocycles. The van der Waals surface area contributed by atoms with Gasteiger partial charge in [-0.25, -0.2) is 0 Å². The molecular formula is C12H13ClN6O. The Labute approximate surface area is 119 Å². The highest BCUT2D eigenvalue weighted by molar-refractivity contribution is 6.30. The molecule has 7 nitrogen and oxygen atoms in total. The van der Waals surface area contributed by atoms with Crippen molar-refractivity contribution in [1.82, 2.24) is 30.1 Å². The monoisotopic (exact) mass is 292 g/mol. The Kier molecular flexibility index (Phi) is 3.06. The van der Waals surface area contributed by atoms with Gasteiger partial charge in [-0.3, -0.25) is 9.78 Å². The number of aromatic nitrogens is 6. The van der Waals surface area contributed by atoms with E-state index in [4.69, 9.17) is 16.1 Å². The Balaban J connectivity index is 1.87. The number of hydrogen-bond donors (Lipinski definition) is 1. The van der Waals surface area contributed by atoms with E-state index in [1.807, 2.05) is 19.9 Å². The van der Waals surface area contributed by atoms with Gasteiger partial charge in [0, 0.05) is 24.7 Å². The Morgan fingerprint density at radius 3 is 2.80 bits per heavy atom. The maximum Gasteiger partial charge on any atom is 0.278 e. The maximum absolute atomic E-state index is 6.19. The number of aromatic amines is 1. The predicted octanol–water partition coefficient (Wildman–Crippen LogP) is 2.05. The summed E-state index contributed by atoms with van der Waals surface area (Å²) in [7, 11) is 1.80. The van der Waals surface area contributed by atoms with Gasteiger partial charge in [0.1, 0.15) is 5.15 Å². The lowest BCUT2D eigenvalue weighted by Gasteiger charge is -1.95. The molecule has 0 spiro atoms.